The Morgan fingerprint density at radius 1 is 1.06 bits per heavy atom. The first kappa shape index (κ1) is 9.85. The highest BCUT2D eigenvalue weighted by atomic mass is 35.5. The molecule has 3 nitrogen and oxygen atoms in total. The molecule has 0 saturated carbocycles. The SMILES string of the molecule is O=C1c2c(Cl)cccc2-c2nc3ccccc3n21. The molecule has 0 radical (unpaired) electrons. The van der Waals surface area contributed by atoms with Crippen molar-refractivity contribution >= 4 is 28.5 Å². The standard InChI is InChI=1S/C14H7ClN2O/c15-9-5-3-4-8-12(9)14(18)17-11-7-2-1-6-10(11)16-13(8)17/h1-7H. The van der Waals surface area contributed by atoms with E-state index < -0.39 is 0 Å². The van der Waals surface area contributed by atoms with E-state index in [4.69, 9.17) is 11.6 Å². The van der Waals surface area contributed by atoms with Crippen molar-refractivity contribution in [1.29, 1.82) is 0 Å². The van der Waals surface area contributed by atoms with Crippen molar-refractivity contribution in [3.8, 4) is 11.4 Å². The predicted octanol–water partition coefficient (Wildman–Crippen LogP) is 3.36. The highest BCUT2D eigenvalue weighted by molar-refractivity contribution is 6.35. The molecule has 0 fully saturated rings. The number of carbonyl (C=O) groups excluding carboxylic acids is 1. The lowest BCUT2D eigenvalue weighted by Crippen LogP contribution is -2.06. The Kier molecular flexibility index (Phi) is 1.76. The topological polar surface area (TPSA) is 34.9 Å². The number of nitrogens with zero attached hydrogens (tertiary/aromatic N) is 2. The summed E-state index contributed by atoms with van der Waals surface area (Å²) in [7, 11) is 0. The maximum absolute atomic E-state index is 12.4. The maximum atomic E-state index is 12.4. The molecule has 0 atom stereocenters. The summed E-state index contributed by atoms with van der Waals surface area (Å²) in [6.45, 7) is 0. The molecule has 1 aromatic heterocycles. The molecule has 4 rings (SSSR count). The lowest BCUT2D eigenvalue weighted by molar-refractivity contribution is 0.0973. The lowest BCUT2D eigenvalue weighted by atomic mass is 10.1. The van der Waals surface area contributed by atoms with E-state index in [1.807, 2.05) is 36.4 Å². The molecular formula is C14H7ClN2O. The molecule has 0 aliphatic carbocycles. The number of fused-ring (bicyclic) bond motifs is 5. The largest absolute Gasteiger partial charge is 0.268 e. The van der Waals surface area contributed by atoms with E-state index in [1.54, 1.807) is 10.6 Å². The summed E-state index contributed by atoms with van der Waals surface area (Å²) in [5.41, 5.74) is 3.01. The molecule has 0 amide bonds. The first-order valence-corrected chi connectivity index (χ1v) is 5.96. The lowest BCUT2D eigenvalue weighted by Gasteiger charge is -1.99. The molecule has 18 heavy (non-hydrogen) atoms. The predicted molar refractivity (Wildman–Crippen MR) is 69.9 cm³/mol. The van der Waals surface area contributed by atoms with E-state index in [1.165, 1.54) is 0 Å². The number of rotatable bonds is 0. The summed E-state index contributed by atoms with van der Waals surface area (Å²) >= 11 is 6.10. The molecule has 0 bridgehead atoms. The van der Waals surface area contributed by atoms with E-state index in [-0.39, 0.29) is 5.91 Å². The summed E-state index contributed by atoms with van der Waals surface area (Å²) < 4.78 is 1.63. The first-order valence-electron chi connectivity index (χ1n) is 5.58. The molecule has 2 aromatic carbocycles. The molecule has 3 aromatic rings. The second-order valence-corrected chi connectivity index (χ2v) is 4.63. The van der Waals surface area contributed by atoms with Crippen LogP contribution in [0.4, 0.5) is 0 Å². The van der Waals surface area contributed by atoms with E-state index in [2.05, 4.69) is 4.98 Å². The Labute approximate surface area is 108 Å². The number of benzene rings is 2. The van der Waals surface area contributed by atoms with Crippen LogP contribution in [0.2, 0.25) is 5.02 Å². The third-order valence-corrected chi connectivity index (χ3v) is 3.55. The number of para-hydroxylation sites is 2. The molecule has 86 valence electrons. The smallest absolute Gasteiger partial charge is 0.266 e. The minimum absolute atomic E-state index is 0.0979. The minimum atomic E-state index is -0.0979. The molecule has 1 aliphatic rings. The summed E-state index contributed by atoms with van der Waals surface area (Å²) in [5.74, 6) is 0.581. The Morgan fingerprint density at radius 2 is 1.89 bits per heavy atom. The van der Waals surface area contributed by atoms with Crippen molar-refractivity contribution in [3.63, 3.8) is 0 Å². The van der Waals surface area contributed by atoms with Gasteiger partial charge in [0.15, 0.2) is 0 Å². The Hall–Kier alpha value is -2.13. The summed E-state index contributed by atoms with van der Waals surface area (Å²) in [4.78, 5) is 16.9. The van der Waals surface area contributed by atoms with E-state index in [0.29, 0.717) is 16.4 Å². The number of hydrogen-bond acceptors (Lipinski definition) is 2. The highest BCUT2D eigenvalue weighted by Gasteiger charge is 2.31. The van der Waals surface area contributed by atoms with Crippen LogP contribution in [0, 0.1) is 0 Å². The third-order valence-electron chi connectivity index (χ3n) is 3.23. The molecule has 0 unspecified atom stereocenters. The summed E-state index contributed by atoms with van der Waals surface area (Å²) in [6.07, 6.45) is 0. The molecule has 4 heteroatoms. The fourth-order valence-electron chi connectivity index (χ4n) is 2.45. The van der Waals surface area contributed by atoms with Gasteiger partial charge in [0.1, 0.15) is 5.82 Å². The van der Waals surface area contributed by atoms with Crippen LogP contribution in [0.15, 0.2) is 42.5 Å². The average molecular weight is 255 g/mol. The van der Waals surface area contributed by atoms with Gasteiger partial charge in [-0.2, -0.15) is 0 Å². The van der Waals surface area contributed by atoms with Gasteiger partial charge < -0.3 is 0 Å². The van der Waals surface area contributed by atoms with E-state index in [9.17, 15) is 4.79 Å². The van der Waals surface area contributed by atoms with Gasteiger partial charge in [-0.3, -0.25) is 9.36 Å². The van der Waals surface area contributed by atoms with Crippen LogP contribution in [-0.4, -0.2) is 15.5 Å². The fourth-order valence-corrected chi connectivity index (χ4v) is 2.71. The van der Waals surface area contributed by atoms with Crippen molar-refractivity contribution in [2.75, 3.05) is 0 Å². The number of hydrogen-bond donors (Lipinski definition) is 0. The molecule has 2 heterocycles. The van der Waals surface area contributed by atoms with Gasteiger partial charge in [0, 0.05) is 5.56 Å². The highest BCUT2D eigenvalue weighted by Crippen LogP contribution is 2.37. The van der Waals surface area contributed by atoms with Gasteiger partial charge in [-0.15, -0.1) is 0 Å². The van der Waals surface area contributed by atoms with Crippen LogP contribution in [0.1, 0.15) is 10.4 Å². The Bertz CT molecular complexity index is 820. The summed E-state index contributed by atoms with van der Waals surface area (Å²) in [5, 5.41) is 0.479. The Balaban J connectivity index is 2.18. The van der Waals surface area contributed by atoms with Crippen molar-refractivity contribution in [2.45, 2.75) is 0 Å². The normalized spacial score (nSPS) is 12.8. The van der Waals surface area contributed by atoms with Gasteiger partial charge in [0.2, 0.25) is 0 Å². The van der Waals surface area contributed by atoms with E-state index >= 15 is 0 Å². The summed E-state index contributed by atoms with van der Waals surface area (Å²) in [6, 6.07) is 13.0. The van der Waals surface area contributed by atoms with Crippen LogP contribution < -0.4 is 0 Å². The zero-order chi connectivity index (χ0) is 12.3. The van der Waals surface area contributed by atoms with Gasteiger partial charge in [-0.25, -0.2) is 4.98 Å². The van der Waals surface area contributed by atoms with Crippen molar-refractivity contribution in [1.82, 2.24) is 9.55 Å². The van der Waals surface area contributed by atoms with Gasteiger partial charge in [0.05, 0.1) is 21.6 Å². The van der Waals surface area contributed by atoms with Crippen LogP contribution in [0.3, 0.4) is 0 Å². The molecular weight excluding hydrogens is 248 g/mol. The van der Waals surface area contributed by atoms with Gasteiger partial charge >= 0.3 is 0 Å². The molecule has 1 aliphatic heterocycles. The van der Waals surface area contributed by atoms with Crippen molar-refractivity contribution < 1.29 is 4.79 Å². The quantitative estimate of drug-likeness (QED) is 0.482. The average Bonchev–Trinajstić information content (AvgIpc) is 2.88. The second kappa shape index (κ2) is 3.21. The van der Waals surface area contributed by atoms with Gasteiger partial charge in [0.25, 0.3) is 5.91 Å². The van der Waals surface area contributed by atoms with Crippen LogP contribution >= 0.6 is 11.6 Å². The van der Waals surface area contributed by atoms with Crippen molar-refractivity contribution in [3.05, 3.63) is 53.1 Å². The number of imidazole rings is 1. The molecule has 0 saturated heterocycles. The second-order valence-electron chi connectivity index (χ2n) is 4.23. The van der Waals surface area contributed by atoms with Crippen LogP contribution in [0.5, 0.6) is 0 Å². The zero-order valence-electron chi connectivity index (χ0n) is 9.22. The fraction of sp³-hybridized carbons (Fsp3) is 0. The zero-order valence-corrected chi connectivity index (χ0v) is 9.98. The van der Waals surface area contributed by atoms with Crippen molar-refractivity contribution in [2.24, 2.45) is 0 Å². The van der Waals surface area contributed by atoms with E-state index in [0.717, 1.165) is 16.6 Å². The first-order chi connectivity index (χ1) is 8.77. The molecule has 0 spiro atoms. The molecule has 0 N–H and O–H groups in total. The Morgan fingerprint density at radius 3 is 2.78 bits per heavy atom. The number of aromatic nitrogens is 2. The number of carbonyl (C=O) groups is 1. The third kappa shape index (κ3) is 1.05. The number of halogens is 1. The van der Waals surface area contributed by atoms with Gasteiger partial charge in [-0.05, 0) is 18.2 Å². The van der Waals surface area contributed by atoms with Gasteiger partial charge in [-0.1, -0.05) is 35.9 Å². The monoisotopic (exact) mass is 254 g/mol. The maximum Gasteiger partial charge on any atom is 0.266 e. The van der Waals surface area contributed by atoms with Crippen LogP contribution in [0.25, 0.3) is 22.4 Å². The van der Waals surface area contributed by atoms with Crippen LogP contribution in [-0.2, 0) is 0 Å². The minimum Gasteiger partial charge on any atom is -0.268 e.